The second-order valence-corrected chi connectivity index (χ2v) is 8.06. The second-order valence-electron chi connectivity index (χ2n) is 7.12. The number of likely N-dealkylation sites (tertiary alicyclic amines) is 1. The van der Waals surface area contributed by atoms with Crippen LogP contribution >= 0.6 is 11.3 Å². The number of ether oxygens (including phenoxy) is 1. The van der Waals surface area contributed by atoms with Crippen molar-refractivity contribution in [1.29, 1.82) is 0 Å². The zero-order valence-corrected chi connectivity index (χ0v) is 15.9. The van der Waals surface area contributed by atoms with E-state index in [4.69, 9.17) is 9.84 Å². The molecule has 6 heteroatoms. The van der Waals surface area contributed by atoms with Crippen molar-refractivity contribution in [2.45, 2.75) is 51.5 Å². The predicted molar refractivity (Wildman–Crippen MR) is 100 cm³/mol. The van der Waals surface area contributed by atoms with E-state index in [0.717, 1.165) is 49.5 Å². The molecule has 3 rings (SSSR count). The van der Waals surface area contributed by atoms with Crippen molar-refractivity contribution in [2.75, 3.05) is 26.2 Å². The molecule has 5 nitrogen and oxygen atoms in total. The number of aliphatic hydroxyl groups excluding tert-OH is 1. The molecular formula is C19H28N2O3S. The first-order chi connectivity index (χ1) is 12.0. The zero-order chi connectivity index (χ0) is 17.8. The predicted octanol–water partition coefficient (Wildman–Crippen LogP) is 2.35. The monoisotopic (exact) mass is 364 g/mol. The second kappa shape index (κ2) is 8.45. The number of aliphatic hydroxyl groups is 1. The third-order valence-electron chi connectivity index (χ3n) is 4.99. The number of carbonyl (C=O) groups excluding carboxylic acids is 1. The van der Waals surface area contributed by atoms with Crippen LogP contribution in [0.25, 0.3) is 6.08 Å². The van der Waals surface area contributed by atoms with E-state index in [1.165, 1.54) is 0 Å². The Labute approximate surface area is 153 Å². The maximum absolute atomic E-state index is 12.4. The number of hydrogen-bond acceptors (Lipinski definition) is 5. The van der Waals surface area contributed by atoms with Gasteiger partial charge in [-0.05, 0) is 49.8 Å². The fourth-order valence-corrected chi connectivity index (χ4v) is 4.59. The number of hydrogen-bond donors (Lipinski definition) is 1. The molecule has 0 unspecified atom stereocenters. The van der Waals surface area contributed by atoms with E-state index in [2.05, 4.69) is 18.7 Å². The zero-order valence-electron chi connectivity index (χ0n) is 15.1. The summed E-state index contributed by atoms with van der Waals surface area (Å²) < 4.78 is 5.82. The maximum Gasteiger partial charge on any atom is 0.246 e. The van der Waals surface area contributed by atoms with Crippen molar-refractivity contribution < 1.29 is 14.6 Å². The summed E-state index contributed by atoms with van der Waals surface area (Å²) in [5.74, 6) is 0.0844. The highest BCUT2D eigenvalue weighted by atomic mass is 32.1. The maximum atomic E-state index is 12.4. The van der Waals surface area contributed by atoms with Gasteiger partial charge in [-0.1, -0.05) is 0 Å². The Morgan fingerprint density at radius 1 is 1.32 bits per heavy atom. The molecule has 2 fully saturated rings. The summed E-state index contributed by atoms with van der Waals surface area (Å²) in [4.78, 5) is 17.9. The summed E-state index contributed by atoms with van der Waals surface area (Å²) >= 11 is 1.55. The van der Waals surface area contributed by atoms with Crippen LogP contribution in [0.3, 0.4) is 0 Å². The molecule has 2 aliphatic heterocycles. The summed E-state index contributed by atoms with van der Waals surface area (Å²) in [5.41, 5.74) is 0.895. The molecule has 1 aromatic rings. The first-order valence-corrected chi connectivity index (χ1v) is 9.98. The van der Waals surface area contributed by atoms with Crippen LogP contribution in [0.2, 0.25) is 0 Å². The van der Waals surface area contributed by atoms with Crippen LogP contribution in [0.4, 0.5) is 0 Å². The highest BCUT2D eigenvalue weighted by Crippen LogP contribution is 2.22. The van der Waals surface area contributed by atoms with Gasteiger partial charge in [0.15, 0.2) is 0 Å². The third-order valence-corrected chi connectivity index (χ3v) is 5.93. The first kappa shape index (κ1) is 18.6. The van der Waals surface area contributed by atoms with Crippen LogP contribution in [0.15, 0.2) is 17.5 Å². The molecule has 0 aliphatic carbocycles. The van der Waals surface area contributed by atoms with Crippen LogP contribution in [0.5, 0.6) is 0 Å². The molecule has 0 saturated carbocycles. The van der Waals surface area contributed by atoms with Crippen LogP contribution in [0.1, 0.15) is 37.1 Å². The largest absolute Gasteiger partial charge is 0.392 e. The summed E-state index contributed by atoms with van der Waals surface area (Å²) in [6.07, 6.45) is 6.16. The van der Waals surface area contributed by atoms with Crippen molar-refractivity contribution in [1.82, 2.24) is 9.80 Å². The number of nitrogens with zero attached hydrogens (tertiary/aromatic N) is 2. The number of carbonyl (C=O) groups is 1. The minimum Gasteiger partial charge on any atom is -0.392 e. The lowest BCUT2D eigenvalue weighted by atomic mass is 10.0. The topological polar surface area (TPSA) is 53.0 Å². The number of thiophene rings is 1. The van der Waals surface area contributed by atoms with Crippen molar-refractivity contribution in [3.05, 3.63) is 28.0 Å². The van der Waals surface area contributed by atoms with Crippen molar-refractivity contribution in [3.8, 4) is 0 Å². The van der Waals surface area contributed by atoms with Gasteiger partial charge >= 0.3 is 0 Å². The molecule has 138 valence electrons. The lowest BCUT2D eigenvalue weighted by Crippen LogP contribution is -2.53. The number of rotatable bonds is 4. The van der Waals surface area contributed by atoms with E-state index < -0.39 is 0 Å². The van der Waals surface area contributed by atoms with Gasteiger partial charge in [0, 0.05) is 43.2 Å². The molecule has 0 bridgehead atoms. The van der Waals surface area contributed by atoms with E-state index in [0.29, 0.717) is 18.2 Å². The quantitative estimate of drug-likeness (QED) is 0.834. The average Bonchev–Trinajstić information content (AvgIpc) is 3.07. The van der Waals surface area contributed by atoms with Gasteiger partial charge in [-0.25, -0.2) is 0 Å². The molecule has 0 spiro atoms. The normalized spacial score (nSPS) is 26.4. The van der Waals surface area contributed by atoms with E-state index in [1.54, 1.807) is 17.4 Å². The Morgan fingerprint density at radius 2 is 2.00 bits per heavy atom. The first-order valence-electron chi connectivity index (χ1n) is 9.10. The minimum atomic E-state index is 0.0462. The van der Waals surface area contributed by atoms with Gasteiger partial charge in [-0.3, -0.25) is 9.69 Å². The number of amides is 1. The van der Waals surface area contributed by atoms with Crippen molar-refractivity contribution in [3.63, 3.8) is 0 Å². The summed E-state index contributed by atoms with van der Waals surface area (Å²) in [5, 5.41) is 11.0. The number of piperidine rings is 1. The molecule has 3 heterocycles. The Hall–Kier alpha value is -1.21. The van der Waals surface area contributed by atoms with Crippen LogP contribution in [-0.4, -0.2) is 65.2 Å². The molecule has 1 amide bonds. The molecular weight excluding hydrogens is 336 g/mol. The molecule has 2 atom stereocenters. The minimum absolute atomic E-state index is 0.0462. The highest BCUT2D eigenvalue weighted by Gasteiger charge is 2.31. The molecule has 25 heavy (non-hydrogen) atoms. The van der Waals surface area contributed by atoms with Gasteiger partial charge in [0.2, 0.25) is 5.91 Å². The van der Waals surface area contributed by atoms with Crippen LogP contribution < -0.4 is 0 Å². The Kier molecular flexibility index (Phi) is 6.28. The Bertz CT molecular complexity index is 598. The average molecular weight is 365 g/mol. The van der Waals surface area contributed by atoms with Crippen LogP contribution in [-0.2, 0) is 16.1 Å². The van der Waals surface area contributed by atoms with E-state index in [1.807, 2.05) is 22.4 Å². The van der Waals surface area contributed by atoms with Crippen LogP contribution in [0, 0.1) is 0 Å². The highest BCUT2D eigenvalue weighted by molar-refractivity contribution is 7.11. The molecule has 0 radical (unpaired) electrons. The fraction of sp³-hybridized carbons (Fsp3) is 0.632. The van der Waals surface area contributed by atoms with Gasteiger partial charge in [0.25, 0.3) is 0 Å². The van der Waals surface area contributed by atoms with E-state index in [-0.39, 0.29) is 12.5 Å². The lowest BCUT2D eigenvalue weighted by molar-refractivity contribution is -0.128. The number of morpholine rings is 1. The molecule has 1 aromatic heterocycles. The summed E-state index contributed by atoms with van der Waals surface area (Å²) in [6.45, 7) is 7.95. The van der Waals surface area contributed by atoms with Crippen molar-refractivity contribution in [2.24, 2.45) is 0 Å². The smallest absolute Gasteiger partial charge is 0.246 e. The Morgan fingerprint density at radius 3 is 2.60 bits per heavy atom. The summed E-state index contributed by atoms with van der Waals surface area (Å²) in [7, 11) is 0. The lowest BCUT2D eigenvalue weighted by Gasteiger charge is -2.43. The SMILES string of the molecule is C[C@@H]1CN(C2CCN(C(=O)/C=C/c3cc(CO)cs3)CC2)C[C@H](C)O1. The van der Waals surface area contributed by atoms with Gasteiger partial charge in [-0.15, -0.1) is 11.3 Å². The molecule has 0 aromatic carbocycles. The summed E-state index contributed by atoms with van der Waals surface area (Å²) in [6, 6.07) is 2.48. The van der Waals surface area contributed by atoms with Gasteiger partial charge < -0.3 is 14.7 Å². The van der Waals surface area contributed by atoms with E-state index in [9.17, 15) is 4.79 Å². The van der Waals surface area contributed by atoms with Gasteiger partial charge in [-0.2, -0.15) is 0 Å². The molecule has 2 saturated heterocycles. The van der Waals surface area contributed by atoms with E-state index >= 15 is 0 Å². The molecule has 1 N–H and O–H groups in total. The standard InChI is InChI=1S/C19H28N2O3S/c1-14-10-21(11-15(2)24-14)17-5-7-20(8-6-17)19(23)4-3-18-9-16(12-22)13-25-18/h3-4,9,13-15,17,22H,5-8,10-12H2,1-2H3/b4-3+/t14-,15+. The van der Waals surface area contributed by atoms with Gasteiger partial charge in [0.1, 0.15) is 0 Å². The molecule has 2 aliphatic rings. The Balaban J connectivity index is 1.49. The fourth-order valence-electron chi connectivity index (χ4n) is 3.79. The third kappa shape index (κ3) is 4.91. The van der Waals surface area contributed by atoms with Gasteiger partial charge in [0.05, 0.1) is 18.8 Å². The van der Waals surface area contributed by atoms with Crippen molar-refractivity contribution >= 4 is 23.3 Å².